The summed E-state index contributed by atoms with van der Waals surface area (Å²) in [5.41, 5.74) is 9.25. The lowest BCUT2D eigenvalue weighted by atomic mass is 9.86. The van der Waals surface area contributed by atoms with Gasteiger partial charge in [0.2, 0.25) is 0 Å². The minimum Gasteiger partial charge on any atom is -0.321 e. The molecule has 0 saturated carbocycles. The highest BCUT2D eigenvalue weighted by atomic mass is 35.5. The second-order valence-electron chi connectivity index (χ2n) is 5.17. The molecule has 3 heteroatoms. The summed E-state index contributed by atoms with van der Waals surface area (Å²) in [5.74, 6) is 0. The highest BCUT2D eigenvalue weighted by Gasteiger charge is 2.23. The molecule has 0 fully saturated rings. The quantitative estimate of drug-likeness (QED) is 0.871. The SMILES string of the molecule is Cc1ccc(C(C)(N)Cc2cccc(Cl)c2Cl)cc1. The summed E-state index contributed by atoms with van der Waals surface area (Å²) in [6, 6.07) is 13.9. The van der Waals surface area contributed by atoms with Crippen molar-refractivity contribution < 1.29 is 0 Å². The molecule has 0 saturated heterocycles. The molecule has 1 nitrogen and oxygen atoms in total. The van der Waals surface area contributed by atoms with Crippen molar-refractivity contribution in [3.8, 4) is 0 Å². The lowest BCUT2D eigenvalue weighted by molar-refractivity contribution is 0.491. The fourth-order valence-electron chi connectivity index (χ4n) is 2.12. The molecule has 0 aliphatic rings. The van der Waals surface area contributed by atoms with Crippen molar-refractivity contribution in [1.82, 2.24) is 0 Å². The standard InChI is InChI=1S/C16H17Cl2N/c1-11-6-8-13(9-7-11)16(2,19)10-12-4-3-5-14(17)15(12)18/h3-9H,10,19H2,1-2H3. The predicted octanol–water partition coefficient (Wildman–Crippen LogP) is 4.72. The first kappa shape index (κ1) is 14.4. The molecule has 2 aromatic carbocycles. The van der Waals surface area contributed by atoms with Gasteiger partial charge < -0.3 is 5.73 Å². The molecular formula is C16H17Cl2N. The van der Waals surface area contributed by atoms with Crippen LogP contribution in [0.25, 0.3) is 0 Å². The van der Waals surface area contributed by atoms with Crippen molar-refractivity contribution >= 4 is 23.2 Å². The lowest BCUT2D eigenvalue weighted by Crippen LogP contribution is -2.35. The van der Waals surface area contributed by atoms with Gasteiger partial charge in [-0.2, -0.15) is 0 Å². The van der Waals surface area contributed by atoms with Crippen molar-refractivity contribution in [3.05, 3.63) is 69.2 Å². The van der Waals surface area contributed by atoms with Crippen molar-refractivity contribution in [3.63, 3.8) is 0 Å². The van der Waals surface area contributed by atoms with Crippen LogP contribution in [-0.4, -0.2) is 0 Å². The molecule has 2 N–H and O–H groups in total. The second kappa shape index (κ2) is 5.54. The third-order valence-electron chi connectivity index (χ3n) is 3.30. The molecule has 0 aliphatic carbocycles. The number of halogens is 2. The van der Waals surface area contributed by atoms with E-state index in [0.29, 0.717) is 16.5 Å². The molecule has 19 heavy (non-hydrogen) atoms. The summed E-state index contributed by atoms with van der Waals surface area (Å²) in [6.07, 6.45) is 0.648. The van der Waals surface area contributed by atoms with Crippen LogP contribution in [0.4, 0.5) is 0 Å². The van der Waals surface area contributed by atoms with Gasteiger partial charge in [0.05, 0.1) is 10.0 Å². The van der Waals surface area contributed by atoms with E-state index in [1.54, 1.807) is 6.07 Å². The fraction of sp³-hybridized carbons (Fsp3) is 0.250. The highest BCUT2D eigenvalue weighted by molar-refractivity contribution is 6.42. The first-order valence-electron chi connectivity index (χ1n) is 6.19. The molecular weight excluding hydrogens is 277 g/mol. The van der Waals surface area contributed by atoms with E-state index >= 15 is 0 Å². The Morgan fingerprint density at radius 2 is 1.68 bits per heavy atom. The zero-order valence-electron chi connectivity index (χ0n) is 11.1. The van der Waals surface area contributed by atoms with Gasteiger partial charge in [-0.3, -0.25) is 0 Å². The normalized spacial score (nSPS) is 14.2. The van der Waals surface area contributed by atoms with Crippen LogP contribution >= 0.6 is 23.2 Å². The number of aryl methyl sites for hydroxylation is 1. The van der Waals surface area contributed by atoms with Crippen LogP contribution in [0.3, 0.4) is 0 Å². The molecule has 0 aromatic heterocycles. The van der Waals surface area contributed by atoms with Crippen LogP contribution in [0.15, 0.2) is 42.5 Å². The van der Waals surface area contributed by atoms with Crippen LogP contribution in [0.2, 0.25) is 10.0 Å². The van der Waals surface area contributed by atoms with Gasteiger partial charge in [0, 0.05) is 5.54 Å². The maximum atomic E-state index is 6.44. The molecule has 0 aliphatic heterocycles. The van der Waals surface area contributed by atoms with Crippen molar-refractivity contribution in [1.29, 1.82) is 0 Å². The predicted molar refractivity (Wildman–Crippen MR) is 82.9 cm³/mol. The number of hydrogen-bond acceptors (Lipinski definition) is 1. The van der Waals surface area contributed by atoms with Crippen LogP contribution in [0.5, 0.6) is 0 Å². The van der Waals surface area contributed by atoms with Crippen LogP contribution < -0.4 is 5.73 Å². The second-order valence-corrected chi connectivity index (χ2v) is 5.96. The lowest BCUT2D eigenvalue weighted by Gasteiger charge is -2.26. The van der Waals surface area contributed by atoms with E-state index < -0.39 is 5.54 Å². The Morgan fingerprint density at radius 1 is 1.05 bits per heavy atom. The first-order chi connectivity index (χ1) is 8.90. The molecule has 0 spiro atoms. The number of nitrogens with two attached hydrogens (primary N) is 1. The molecule has 2 rings (SSSR count). The minimum atomic E-state index is -0.470. The average Bonchev–Trinajstić information content (AvgIpc) is 2.35. The van der Waals surface area contributed by atoms with Gasteiger partial charge in [-0.1, -0.05) is 65.2 Å². The van der Waals surface area contributed by atoms with E-state index in [0.717, 1.165) is 11.1 Å². The summed E-state index contributed by atoms with van der Waals surface area (Å²) in [5, 5.41) is 1.16. The zero-order valence-corrected chi connectivity index (χ0v) is 12.6. The Hall–Kier alpha value is -1.02. The van der Waals surface area contributed by atoms with E-state index in [2.05, 4.69) is 31.2 Å². The van der Waals surface area contributed by atoms with Crippen LogP contribution in [0, 0.1) is 6.92 Å². The largest absolute Gasteiger partial charge is 0.321 e. The summed E-state index contributed by atoms with van der Waals surface area (Å²) < 4.78 is 0. The van der Waals surface area contributed by atoms with Crippen LogP contribution in [0.1, 0.15) is 23.6 Å². The fourth-order valence-corrected chi connectivity index (χ4v) is 2.50. The Balaban J connectivity index is 2.30. The monoisotopic (exact) mass is 293 g/mol. The minimum absolute atomic E-state index is 0.470. The van der Waals surface area contributed by atoms with Crippen LogP contribution in [-0.2, 0) is 12.0 Å². The summed E-state index contributed by atoms with van der Waals surface area (Å²) in [6.45, 7) is 4.07. The van der Waals surface area contributed by atoms with Gasteiger partial charge in [0.15, 0.2) is 0 Å². The van der Waals surface area contributed by atoms with Crippen molar-refractivity contribution in [2.75, 3.05) is 0 Å². The smallest absolute Gasteiger partial charge is 0.0625 e. The van der Waals surface area contributed by atoms with E-state index in [1.807, 2.05) is 19.1 Å². The Labute approximate surface area is 124 Å². The molecule has 1 atom stereocenters. The molecule has 0 amide bonds. The number of benzene rings is 2. The number of rotatable bonds is 3. The van der Waals surface area contributed by atoms with E-state index in [9.17, 15) is 0 Å². The van der Waals surface area contributed by atoms with Gasteiger partial charge in [0.25, 0.3) is 0 Å². The maximum Gasteiger partial charge on any atom is 0.0625 e. The Morgan fingerprint density at radius 3 is 2.32 bits per heavy atom. The summed E-state index contributed by atoms with van der Waals surface area (Å²) in [4.78, 5) is 0. The third kappa shape index (κ3) is 3.30. The molecule has 1 unspecified atom stereocenters. The highest BCUT2D eigenvalue weighted by Crippen LogP contribution is 2.31. The summed E-state index contributed by atoms with van der Waals surface area (Å²) in [7, 11) is 0. The van der Waals surface area contributed by atoms with Gasteiger partial charge >= 0.3 is 0 Å². The van der Waals surface area contributed by atoms with E-state index in [1.165, 1.54) is 5.56 Å². The molecule has 0 radical (unpaired) electrons. The molecule has 2 aromatic rings. The van der Waals surface area contributed by atoms with Gasteiger partial charge in [-0.25, -0.2) is 0 Å². The Kier molecular flexibility index (Phi) is 4.19. The van der Waals surface area contributed by atoms with E-state index in [4.69, 9.17) is 28.9 Å². The van der Waals surface area contributed by atoms with Gasteiger partial charge in [-0.05, 0) is 37.5 Å². The number of hydrogen-bond donors (Lipinski definition) is 1. The average molecular weight is 294 g/mol. The van der Waals surface area contributed by atoms with Crippen molar-refractivity contribution in [2.24, 2.45) is 5.73 Å². The van der Waals surface area contributed by atoms with Crippen molar-refractivity contribution in [2.45, 2.75) is 25.8 Å². The van der Waals surface area contributed by atoms with E-state index in [-0.39, 0.29) is 0 Å². The first-order valence-corrected chi connectivity index (χ1v) is 6.95. The Bertz CT molecular complexity index is 574. The topological polar surface area (TPSA) is 26.0 Å². The molecule has 100 valence electrons. The molecule has 0 bridgehead atoms. The zero-order chi connectivity index (χ0) is 14.0. The van der Waals surface area contributed by atoms with Gasteiger partial charge in [0.1, 0.15) is 0 Å². The third-order valence-corrected chi connectivity index (χ3v) is 4.16. The van der Waals surface area contributed by atoms with Gasteiger partial charge in [-0.15, -0.1) is 0 Å². The maximum absolute atomic E-state index is 6.44. The molecule has 0 heterocycles. The summed E-state index contributed by atoms with van der Waals surface area (Å²) >= 11 is 12.3.